The third-order valence-corrected chi connectivity index (χ3v) is 7.83. The summed E-state index contributed by atoms with van der Waals surface area (Å²) in [4.78, 5) is 21.5. The molecule has 3 heterocycles. The number of carbonyl (C=O) groups is 1. The Bertz CT molecular complexity index is 999. The maximum absolute atomic E-state index is 13.2. The van der Waals surface area contributed by atoms with E-state index in [4.69, 9.17) is 11.6 Å². The number of piperidine rings is 1. The van der Waals surface area contributed by atoms with E-state index < -0.39 is 10.0 Å². The molecule has 0 aliphatic carbocycles. The van der Waals surface area contributed by atoms with Crippen molar-refractivity contribution in [2.45, 2.75) is 24.2 Å². The van der Waals surface area contributed by atoms with Crippen molar-refractivity contribution in [1.29, 1.82) is 0 Å². The zero-order chi connectivity index (χ0) is 21.1. The number of sulfonamides is 1. The molecule has 0 N–H and O–H groups in total. The van der Waals surface area contributed by atoms with Crippen LogP contribution in [0.4, 0.5) is 5.82 Å². The van der Waals surface area contributed by atoms with E-state index in [9.17, 15) is 13.2 Å². The highest BCUT2D eigenvalue weighted by atomic mass is 35.5. The van der Waals surface area contributed by atoms with Crippen molar-refractivity contribution in [1.82, 2.24) is 14.2 Å². The number of hydrogen-bond acceptors (Lipinski definition) is 5. The molecule has 0 bridgehead atoms. The first-order valence-corrected chi connectivity index (χ1v) is 12.0. The minimum absolute atomic E-state index is 0.110. The van der Waals surface area contributed by atoms with E-state index in [1.165, 1.54) is 4.31 Å². The largest absolute Gasteiger partial charge is 0.353 e. The van der Waals surface area contributed by atoms with Gasteiger partial charge >= 0.3 is 0 Å². The van der Waals surface area contributed by atoms with Crippen molar-refractivity contribution in [3.8, 4) is 0 Å². The minimum Gasteiger partial charge on any atom is -0.353 e. The average Bonchev–Trinajstić information content (AvgIpc) is 2.80. The van der Waals surface area contributed by atoms with Gasteiger partial charge in [-0.15, -0.1) is 0 Å². The van der Waals surface area contributed by atoms with Crippen LogP contribution in [0, 0.1) is 0 Å². The minimum atomic E-state index is -3.68. The molecule has 0 radical (unpaired) electrons. The molecule has 2 aromatic rings. The Morgan fingerprint density at radius 2 is 1.60 bits per heavy atom. The fourth-order valence-corrected chi connectivity index (χ4v) is 5.79. The average molecular weight is 449 g/mol. The van der Waals surface area contributed by atoms with Crippen LogP contribution in [0.25, 0.3) is 0 Å². The second-order valence-electron chi connectivity index (χ2n) is 7.57. The molecule has 1 aromatic heterocycles. The van der Waals surface area contributed by atoms with Gasteiger partial charge in [0, 0.05) is 45.5 Å². The van der Waals surface area contributed by atoms with Crippen LogP contribution >= 0.6 is 11.6 Å². The summed E-state index contributed by atoms with van der Waals surface area (Å²) >= 11 is 5.90. The quantitative estimate of drug-likeness (QED) is 0.719. The molecule has 1 aromatic carbocycles. The molecule has 7 nitrogen and oxygen atoms in total. The summed E-state index contributed by atoms with van der Waals surface area (Å²) in [5, 5.41) is 0.582. The van der Waals surface area contributed by atoms with Crippen molar-refractivity contribution in [2.75, 3.05) is 44.2 Å². The molecule has 2 fully saturated rings. The zero-order valence-electron chi connectivity index (χ0n) is 16.7. The first-order valence-electron chi connectivity index (χ1n) is 10.2. The summed E-state index contributed by atoms with van der Waals surface area (Å²) in [5.41, 5.74) is 0.251. The van der Waals surface area contributed by atoms with Crippen LogP contribution in [0.1, 0.15) is 29.6 Å². The van der Waals surface area contributed by atoms with Gasteiger partial charge in [-0.3, -0.25) is 4.79 Å². The monoisotopic (exact) mass is 448 g/mol. The Morgan fingerprint density at radius 3 is 2.27 bits per heavy atom. The molecule has 2 saturated heterocycles. The first kappa shape index (κ1) is 21.1. The van der Waals surface area contributed by atoms with E-state index in [1.54, 1.807) is 41.4 Å². The lowest BCUT2D eigenvalue weighted by molar-refractivity contribution is 0.0742. The Hall–Kier alpha value is -2.16. The van der Waals surface area contributed by atoms with Gasteiger partial charge in [0.25, 0.3) is 5.91 Å². The number of pyridine rings is 1. The van der Waals surface area contributed by atoms with Crippen LogP contribution < -0.4 is 4.90 Å². The summed E-state index contributed by atoms with van der Waals surface area (Å²) in [5.74, 6) is 0.578. The van der Waals surface area contributed by atoms with Gasteiger partial charge in [0.1, 0.15) is 5.82 Å². The van der Waals surface area contributed by atoms with Gasteiger partial charge in [0.05, 0.1) is 15.5 Å². The summed E-state index contributed by atoms with van der Waals surface area (Å²) in [6.45, 7) is 3.28. The molecular formula is C21H25ClN4O3S. The SMILES string of the molecule is O=C(c1ccccc1S(=O)(=O)N1CCCCC1)N1CCN(c2ccc(Cl)cn2)CC1. The Morgan fingerprint density at radius 1 is 0.900 bits per heavy atom. The van der Waals surface area contributed by atoms with E-state index in [1.807, 2.05) is 6.07 Å². The van der Waals surface area contributed by atoms with Gasteiger partial charge in [0.15, 0.2) is 0 Å². The number of benzene rings is 1. The number of amides is 1. The number of piperazine rings is 1. The highest BCUT2D eigenvalue weighted by Gasteiger charge is 2.32. The normalized spacial score (nSPS) is 18.4. The van der Waals surface area contributed by atoms with Crippen LogP contribution in [0.3, 0.4) is 0 Å². The number of carbonyl (C=O) groups excluding carboxylic acids is 1. The van der Waals surface area contributed by atoms with Crippen molar-refractivity contribution < 1.29 is 13.2 Å². The summed E-state index contributed by atoms with van der Waals surface area (Å²) in [6, 6.07) is 10.2. The number of aromatic nitrogens is 1. The van der Waals surface area contributed by atoms with E-state index in [-0.39, 0.29) is 16.4 Å². The van der Waals surface area contributed by atoms with Gasteiger partial charge < -0.3 is 9.80 Å². The summed E-state index contributed by atoms with van der Waals surface area (Å²) in [6.07, 6.45) is 4.36. The number of halogens is 1. The highest BCUT2D eigenvalue weighted by Crippen LogP contribution is 2.25. The topological polar surface area (TPSA) is 73.8 Å². The van der Waals surface area contributed by atoms with Gasteiger partial charge in [-0.25, -0.2) is 13.4 Å². The van der Waals surface area contributed by atoms with Gasteiger partial charge in [-0.05, 0) is 37.1 Å². The molecule has 1 amide bonds. The summed E-state index contributed by atoms with van der Waals surface area (Å²) < 4.78 is 27.9. The van der Waals surface area contributed by atoms with Crippen molar-refractivity contribution in [3.05, 3.63) is 53.2 Å². The Labute approximate surface area is 182 Å². The smallest absolute Gasteiger partial charge is 0.255 e. The van der Waals surface area contributed by atoms with Gasteiger partial charge in [-0.1, -0.05) is 30.2 Å². The number of rotatable bonds is 4. The van der Waals surface area contributed by atoms with Crippen molar-refractivity contribution in [2.24, 2.45) is 0 Å². The fourth-order valence-electron chi connectivity index (χ4n) is 3.98. The molecule has 160 valence electrons. The lowest BCUT2D eigenvalue weighted by atomic mass is 10.2. The summed E-state index contributed by atoms with van der Waals surface area (Å²) in [7, 11) is -3.68. The lowest BCUT2D eigenvalue weighted by Crippen LogP contribution is -2.49. The van der Waals surface area contributed by atoms with E-state index >= 15 is 0 Å². The molecule has 0 unspecified atom stereocenters. The molecule has 0 saturated carbocycles. The van der Waals surface area contributed by atoms with Gasteiger partial charge in [0.2, 0.25) is 10.0 Å². The molecule has 2 aliphatic heterocycles. The number of nitrogens with zero attached hydrogens (tertiary/aromatic N) is 4. The van der Waals surface area contributed by atoms with Crippen LogP contribution in [-0.2, 0) is 10.0 Å². The molecule has 0 spiro atoms. The van der Waals surface area contributed by atoms with E-state index in [2.05, 4.69) is 9.88 Å². The van der Waals surface area contributed by atoms with E-state index in [0.29, 0.717) is 44.3 Å². The maximum atomic E-state index is 13.2. The second-order valence-corrected chi connectivity index (χ2v) is 9.92. The molecule has 9 heteroatoms. The fraction of sp³-hybridized carbons (Fsp3) is 0.429. The lowest BCUT2D eigenvalue weighted by Gasteiger charge is -2.36. The molecular weight excluding hydrogens is 424 g/mol. The number of anilines is 1. The van der Waals surface area contributed by atoms with Crippen LogP contribution in [0.2, 0.25) is 5.02 Å². The molecule has 30 heavy (non-hydrogen) atoms. The number of hydrogen-bond donors (Lipinski definition) is 0. The third kappa shape index (κ3) is 4.31. The standard InChI is InChI=1S/C21H25ClN4O3S/c22-17-8-9-20(23-16-17)24-12-14-25(15-13-24)21(27)18-6-2-3-7-19(18)30(28,29)26-10-4-1-5-11-26/h2-3,6-9,16H,1,4-5,10-15H2. The van der Waals surface area contributed by atoms with Crippen LogP contribution in [0.5, 0.6) is 0 Å². The third-order valence-electron chi connectivity index (χ3n) is 5.65. The second kappa shape index (κ2) is 8.91. The first-order chi connectivity index (χ1) is 14.5. The van der Waals surface area contributed by atoms with Gasteiger partial charge in [-0.2, -0.15) is 4.31 Å². The zero-order valence-corrected chi connectivity index (χ0v) is 18.3. The predicted octanol–water partition coefficient (Wildman–Crippen LogP) is 2.87. The van der Waals surface area contributed by atoms with Crippen molar-refractivity contribution in [3.63, 3.8) is 0 Å². The van der Waals surface area contributed by atoms with Crippen LogP contribution in [0.15, 0.2) is 47.5 Å². The maximum Gasteiger partial charge on any atom is 0.255 e. The molecule has 2 aliphatic rings. The van der Waals surface area contributed by atoms with Crippen LogP contribution in [-0.4, -0.2) is 67.8 Å². The predicted molar refractivity (Wildman–Crippen MR) is 116 cm³/mol. The molecule has 0 atom stereocenters. The molecule has 4 rings (SSSR count). The highest BCUT2D eigenvalue weighted by molar-refractivity contribution is 7.89. The van der Waals surface area contributed by atoms with E-state index in [0.717, 1.165) is 25.1 Å². The Kier molecular flexibility index (Phi) is 6.26. The Balaban J connectivity index is 1.50. The van der Waals surface area contributed by atoms with Crippen molar-refractivity contribution >= 4 is 33.3 Å².